The minimum Gasteiger partial charge on any atom is -0.380 e. The number of carbonyl (C=O) groups excluding carboxylic acids is 1. The highest BCUT2D eigenvalue weighted by Crippen LogP contribution is 2.21. The Morgan fingerprint density at radius 2 is 1.33 bits per heavy atom. The van der Waals surface area contributed by atoms with Crippen molar-refractivity contribution in [1.82, 2.24) is 0 Å². The number of hydrogen-bond acceptors (Lipinski definition) is 2. The topological polar surface area (TPSA) is 37.3 Å². The normalized spacial score (nSPS) is 12.2. The summed E-state index contributed by atoms with van der Waals surface area (Å²) >= 11 is 11.5. The Bertz CT molecular complexity index is 547. The Hall–Kier alpha value is -1.35. The summed E-state index contributed by atoms with van der Waals surface area (Å²) in [6.45, 7) is 0. The summed E-state index contributed by atoms with van der Waals surface area (Å²) < 4.78 is 0. The maximum absolute atomic E-state index is 12.0. The third kappa shape index (κ3) is 2.91. The monoisotopic (exact) mass is 280 g/mol. The molecule has 1 atom stereocenters. The molecule has 0 unspecified atom stereocenters. The van der Waals surface area contributed by atoms with Crippen molar-refractivity contribution in [3.63, 3.8) is 0 Å². The molecular formula is C14H10Cl2O2. The number of ketones is 1. The Kier molecular flexibility index (Phi) is 4.02. The molecule has 4 heteroatoms. The lowest BCUT2D eigenvalue weighted by Gasteiger charge is -2.10. The standard InChI is InChI=1S/C14H10Cl2O2/c15-11-5-1-9(2-6-11)13(17)14(18)10-3-7-12(16)8-4-10/h1-8,13,17H/t13-/m1/s1. The van der Waals surface area contributed by atoms with Crippen LogP contribution < -0.4 is 0 Å². The number of hydrogen-bond donors (Lipinski definition) is 1. The van der Waals surface area contributed by atoms with E-state index in [-0.39, 0.29) is 5.78 Å². The predicted octanol–water partition coefficient (Wildman–Crippen LogP) is 3.91. The van der Waals surface area contributed by atoms with Crippen LogP contribution in [-0.4, -0.2) is 10.9 Å². The second-order valence-electron chi connectivity index (χ2n) is 3.83. The number of halogens is 2. The van der Waals surface area contributed by atoms with Crippen LogP contribution in [0.1, 0.15) is 22.0 Å². The summed E-state index contributed by atoms with van der Waals surface area (Å²) in [4.78, 5) is 12.0. The fourth-order valence-electron chi connectivity index (χ4n) is 1.57. The lowest BCUT2D eigenvalue weighted by Crippen LogP contribution is -2.12. The van der Waals surface area contributed by atoms with E-state index in [2.05, 4.69) is 0 Å². The van der Waals surface area contributed by atoms with E-state index in [9.17, 15) is 9.90 Å². The van der Waals surface area contributed by atoms with Crippen LogP contribution in [0.25, 0.3) is 0 Å². The summed E-state index contributed by atoms with van der Waals surface area (Å²) in [5.74, 6) is -0.367. The number of benzene rings is 2. The molecule has 0 aromatic heterocycles. The van der Waals surface area contributed by atoms with Gasteiger partial charge in [-0.15, -0.1) is 0 Å². The average Bonchev–Trinajstić information content (AvgIpc) is 2.39. The molecule has 0 aliphatic rings. The molecule has 2 aromatic carbocycles. The fourth-order valence-corrected chi connectivity index (χ4v) is 1.82. The summed E-state index contributed by atoms with van der Waals surface area (Å²) in [7, 11) is 0. The Labute approximate surface area is 115 Å². The lowest BCUT2D eigenvalue weighted by atomic mass is 10.0. The number of carbonyl (C=O) groups is 1. The number of Topliss-reactive ketones (excluding diaryl/α,β-unsaturated/α-hetero) is 1. The smallest absolute Gasteiger partial charge is 0.195 e. The van der Waals surface area contributed by atoms with Crippen LogP contribution in [0.2, 0.25) is 10.0 Å². The van der Waals surface area contributed by atoms with E-state index in [4.69, 9.17) is 23.2 Å². The molecule has 0 radical (unpaired) electrons. The minimum absolute atomic E-state index is 0.367. The second-order valence-corrected chi connectivity index (χ2v) is 4.70. The molecule has 0 amide bonds. The zero-order valence-corrected chi connectivity index (χ0v) is 10.8. The molecule has 0 saturated carbocycles. The SMILES string of the molecule is O=C(c1ccc(Cl)cc1)[C@H](O)c1ccc(Cl)cc1. The highest BCUT2D eigenvalue weighted by atomic mass is 35.5. The summed E-state index contributed by atoms with van der Waals surface area (Å²) in [5, 5.41) is 11.1. The van der Waals surface area contributed by atoms with Gasteiger partial charge in [-0.1, -0.05) is 35.3 Å². The van der Waals surface area contributed by atoms with Gasteiger partial charge in [0.15, 0.2) is 5.78 Å². The van der Waals surface area contributed by atoms with E-state index >= 15 is 0 Å². The Balaban J connectivity index is 2.23. The Morgan fingerprint density at radius 3 is 1.83 bits per heavy atom. The van der Waals surface area contributed by atoms with E-state index in [1.54, 1.807) is 48.5 Å². The molecule has 2 rings (SSSR count). The molecule has 0 fully saturated rings. The van der Waals surface area contributed by atoms with E-state index in [1.807, 2.05) is 0 Å². The third-order valence-corrected chi connectivity index (χ3v) is 3.07. The van der Waals surface area contributed by atoms with Gasteiger partial charge in [0.05, 0.1) is 0 Å². The average molecular weight is 281 g/mol. The second kappa shape index (κ2) is 5.53. The number of rotatable bonds is 3. The van der Waals surface area contributed by atoms with Crippen molar-refractivity contribution in [2.24, 2.45) is 0 Å². The first-order valence-corrected chi connectivity index (χ1v) is 6.07. The predicted molar refractivity (Wildman–Crippen MR) is 72.2 cm³/mol. The maximum Gasteiger partial charge on any atom is 0.195 e. The van der Waals surface area contributed by atoms with Crippen molar-refractivity contribution in [2.75, 3.05) is 0 Å². The van der Waals surface area contributed by atoms with Gasteiger partial charge in [-0.2, -0.15) is 0 Å². The van der Waals surface area contributed by atoms with E-state index in [0.717, 1.165) is 0 Å². The first-order chi connectivity index (χ1) is 8.58. The number of aliphatic hydroxyl groups is 1. The lowest BCUT2D eigenvalue weighted by molar-refractivity contribution is 0.0747. The first-order valence-electron chi connectivity index (χ1n) is 5.31. The molecule has 0 aliphatic heterocycles. The summed E-state index contributed by atoms with van der Waals surface area (Å²) in [6, 6.07) is 12.9. The van der Waals surface area contributed by atoms with Crippen LogP contribution in [0.5, 0.6) is 0 Å². The molecule has 0 aliphatic carbocycles. The van der Waals surface area contributed by atoms with Gasteiger partial charge in [-0.05, 0) is 42.0 Å². The highest BCUT2D eigenvalue weighted by Gasteiger charge is 2.18. The zero-order valence-electron chi connectivity index (χ0n) is 9.31. The molecule has 0 heterocycles. The van der Waals surface area contributed by atoms with Crippen molar-refractivity contribution in [2.45, 2.75) is 6.10 Å². The zero-order chi connectivity index (χ0) is 13.1. The van der Waals surface area contributed by atoms with Crippen LogP contribution in [0.4, 0.5) is 0 Å². The largest absolute Gasteiger partial charge is 0.380 e. The van der Waals surface area contributed by atoms with Crippen LogP contribution in [0.15, 0.2) is 48.5 Å². The van der Waals surface area contributed by atoms with Gasteiger partial charge in [-0.25, -0.2) is 0 Å². The van der Waals surface area contributed by atoms with Gasteiger partial charge in [0.25, 0.3) is 0 Å². The van der Waals surface area contributed by atoms with Crippen LogP contribution in [-0.2, 0) is 0 Å². The molecule has 2 aromatic rings. The van der Waals surface area contributed by atoms with Gasteiger partial charge in [0.2, 0.25) is 0 Å². The summed E-state index contributed by atoms with van der Waals surface area (Å²) in [5.41, 5.74) is 0.932. The molecule has 0 saturated heterocycles. The van der Waals surface area contributed by atoms with Crippen LogP contribution in [0, 0.1) is 0 Å². The molecule has 0 bridgehead atoms. The van der Waals surface area contributed by atoms with Crippen molar-refractivity contribution < 1.29 is 9.90 Å². The van der Waals surface area contributed by atoms with E-state index in [1.165, 1.54) is 0 Å². The van der Waals surface area contributed by atoms with Crippen molar-refractivity contribution in [1.29, 1.82) is 0 Å². The number of aliphatic hydroxyl groups excluding tert-OH is 1. The first kappa shape index (κ1) is 13.1. The van der Waals surface area contributed by atoms with Gasteiger partial charge in [-0.3, -0.25) is 4.79 Å². The van der Waals surface area contributed by atoms with E-state index < -0.39 is 6.10 Å². The van der Waals surface area contributed by atoms with E-state index in [0.29, 0.717) is 21.2 Å². The minimum atomic E-state index is -1.19. The van der Waals surface area contributed by atoms with Crippen molar-refractivity contribution in [3.05, 3.63) is 69.7 Å². The van der Waals surface area contributed by atoms with Gasteiger partial charge in [0, 0.05) is 15.6 Å². The van der Waals surface area contributed by atoms with Gasteiger partial charge >= 0.3 is 0 Å². The molecule has 1 N–H and O–H groups in total. The maximum atomic E-state index is 12.0. The van der Waals surface area contributed by atoms with Gasteiger partial charge < -0.3 is 5.11 Å². The fraction of sp³-hybridized carbons (Fsp3) is 0.0714. The van der Waals surface area contributed by atoms with Gasteiger partial charge in [0.1, 0.15) is 6.10 Å². The third-order valence-electron chi connectivity index (χ3n) is 2.56. The Morgan fingerprint density at radius 1 is 0.889 bits per heavy atom. The van der Waals surface area contributed by atoms with Crippen LogP contribution in [0.3, 0.4) is 0 Å². The summed E-state index contributed by atoms with van der Waals surface area (Å²) in [6.07, 6.45) is -1.19. The highest BCUT2D eigenvalue weighted by molar-refractivity contribution is 6.31. The van der Waals surface area contributed by atoms with Crippen molar-refractivity contribution in [3.8, 4) is 0 Å². The molecule has 0 spiro atoms. The quantitative estimate of drug-likeness (QED) is 0.866. The molecule has 2 nitrogen and oxygen atoms in total. The van der Waals surface area contributed by atoms with Crippen LogP contribution >= 0.6 is 23.2 Å². The molecule has 18 heavy (non-hydrogen) atoms. The molecule has 92 valence electrons. The molecular weight excluding hydrogens is 271 g/mol. The van der Waals surface area contributed by atoms with Crippen molar-refractivity contribution >= 4 is 29.0 Å².